The molecule has 0 radical (unpaired) electrons. The first-order chi connectivity index (χ1) is 16.0. The van der Waals surface area contributed by atoms with E-state index in [1.165, 1.54) is 30.0 Å². The zero-order chi connectivity index (χ0) is 23.2. The van der Waals surface area contributed by atoms with Crippen LogP contribution in [0.3, 0.4) is 0 Å². The van der Waals surface area contributed by atoms with Crippen LogP contribution in [-0.4, -0.2) is 26.4 Å². The van der Waals surface area contributed by atoms with Crippen LogP contribution in [0.5, 0.6) is 5.75 Å². The highest BCUT2D eigenvalue weighted by Crippen LogP contribution is 2.23. The topological polar surface area (TPSA) is 82.2 Å². The van der Waals surface area contributed by atoms with Crippen LogP contribution in [0.1, 0.15) is 11.6 Å². The molecule has 2 aromatic heterocycles. The fourth-order valence-electron chi connectivity index (χ4n) is 2.83. The number of carbonyl (C=O) groups is 1. The number of ether oxygens (including phenoxy) is 1. The Morgan fingerprint density at radius 2 is 1.97 bits per heavy atom. The van der Waals surface area contributed by atoms with Crippen LogP contribution in [0, 0.1) is 5.82 Å². The van der Waals surface area contributed by atoms with Gasteiger partial charge in [-0.15, -0.1) is 10.2 Å². The molecule has 0 aliphatic rings. The summed E-state index contributed by atoms with van der Waals surface area (Å²) in [6.07, 6.45) is 1.58. The maximum Gasteiger partial charge on any atom is 0.234 e. The molecule has 0 fully saturated rings. The van der Waals surface area contributed by atoms with Gasteiger partial charge in [0.1, 0.15) is 23.9 Å². The fraction of sp³-hybridized carbons (Fsp3) is 0.136. The van der Waals surface area contributed by atoms with E-state index in [1.54, 1.807) is 36.6 Å². The predicted octanol–water partition coefficient (Wildman–Crippen LogP) is 5.68. The fourth-order valence-corrected chi connectivity index (χ4v) is 3.89. The summed E-state index contributed by atoms with van der Waals surface area (Å²) >= 11 is 12.9. The average Bonchev–Trinajstić information content (AvgIpc) is 3.45. The van der Waals surface area contributed by atoms with E-state index in [0.29, 0.717) is 39.7 Å². The summed E-state index contributed by atoms with van der Waals surface area (Å²) in [6.45, 7) is 0.535. The lowest BCUT2D eigenvalue weighted by Crippen LogP contribution is -2.15. The van der Waals surface area contributed by atoms with Gasteiger partial charge in [-0.05, 0) is 54.6 Å². The van der Waals surface area contributed by atoms with Crippen LogP contribution in [0.25, 0.3) is 0 Å². The molecule has 4 aromatic rings. The van der Waals surface area contributed by atoms with E-state index < -0.39 is 5.82 Å². The number of nitrogens with one attached hydrogen (secondary N) is 1. The molecule has 170 valence electrons. The standard InChI is InChI=1S/C22H17Cl2FN4O3S/c23-14-3-6-16(7-4-14)32-12-20-27-28-22(29(20)11-17-2-1-9-31-17)33-13-21(30)26-15-5-8-19(25)18(24)10-15/h1-10H,11-13H2,(H,26,30). The van der Waals surface area contributed by atoms with Gasteiger partial charge >= 0.3 is 0 Å². The third-order valence-electron chi connectivity index (χ3n) is 4.40. The van der Waals surface area contributed by atoms with Gasteiger partial charge in [-0.25, -0.2) is 4.39 Å². The highest BCUT2D eigenvalue weighted by atomic mass is 35.5. The van der Waals surface area contributed by atoms with E-state index >= 15 is 0 Å². The molecule has 7 nitrogen and oxygen atoms in total. The largest absolute Gasteiger partial charge is 0.486 e. The third kappa shape index (κ3) is 6.28. The Morgan fingerprint density at radius 1 is 1.15 bits per heavy atom. The number of benzene rings is 2. The molecule has 0 atom stereocenters. The Morgan fingerprint density at radius 3 is 2.70 bits per heavy atom. The summed E-state index contributed by atoms with van der Waals surface area (Å²) in [5.74, 6) is 1.11. The van der Waals surface area contributed by atoms with Crippen molar-refractivity contribution in [3.8, 4) is 5.75 Å². The average molecular weight is 507 g/mol. The van der Waals surface area contributed by atoms with Crippen molar-refractivity contribution in [3.63, 3.8) is 0 Å². The van der Waals surface area contributed by atoms with E-state index in [9.17, 15) is 9.18 Å². The van der Waals surface area contributed by atoms with Crippen molar-refractivity contribution in [2.45, 2.75) is 18.3 Å². The van der Waals surface area contributed by atoms with E-state index in [0.717, 1.165) is 0 Å². The summed E-state index contributed by atoms with van der Waals surface area (Å²) < 4.78 is 26.4. The molecule has 33 heavy (non-hydrogen) atoms. The van der Waals surface area contributed by atoms with E-state index in [1.807, 2.05) is 10.6 Å². The van der Waals surface area contributed by atoms with Gasteiger partial charge in [0.15, 0.2) is 11.0 Å². The molecule has 0 aliphatic carbocycles. The highest BCUT2D eigenvalue weighted by molar-refractivity contribution is 7.99. The number of halogens is 3. The summed E-state index contributed by atoms with van der Waals surface area (Å²) in [7, 11) is 0. The van der Waals surface area contributed by atoms with Crippen LogP contribution in [0.2, 0.25) is 10.0 Å². The number of aromatic nitrogens is 3. The molecular weight excluding hydrogens is 490 g/mol. The molecular formula is C22H17Cl2FN4O3S. The van der Waals surface area contributed by atoms with Crippen molar-refractivity contribution in [1.29, 1.82) is 0 Å². The number of anilines is 1. The summed E-state index contributed by atoms with van der Waals surface area (Å²) in [5.41, 5.74) is 0.404. The molecule has 0 saturated heterocycles. The molecule has 4 rings (SSSR count). The molecule has 0 saturated carbocycles. The monoisotopic (exact) mass is 506 g/mol. The zero-order valence-electron chi connectivity index (χ0n) is 17.0. The Hall–Kier alpha value is -3.01. The molecule has 2 aromatic carbocycles. The van der Waals surface area contributed by atoms with Gasteiger partial charge in [0.25, 0.3) is 0 Å². The minimum Gasteiger partial charge on any atom is -0.486 e. The Bertz CT molecular complexity index is 1230. The van der Waals surface area contributed by atoms with Crippen LogP contribution in [0.4, 0.5) is 10.1 Å². The number of amides is 1. The van der Waals surface area contributed by atoms with Gasteiger partial charge in [0.2, 0.25) is 5.91 Å². The number of hydrogen-bond acceptors (Lipinski definition) is 6. The van der Waals surface area contributed by atoms with Crippen LogP contribution < -0.4 is 10.1 Å². The Balaban J connectivity index is 1.44. The lowest BCUT2D eigenvalue weighted by atomic mass is 10.3. The molecule has 0 unspecified atom stereocenters. The minimum absolute atomic E-state index is 0.0589. The third-order valence-corrected chi connectivity index (χ3v) is 5.91. The summed E-state index contributed by atoms with van der Waals surface area (Å²) in [4.78, 5) is 12.4. The summed E-state index contributed by atoms with van der Waals surface area (Å²) in [5, 5.41) is 12.2. The van der Waals surface area contributed by atoms with E-state index in [2.05, 4.69) is 15.5 Å². The smallest absolute Gasteiger partial charge is 0.234 e. The first-order valence-corrected chi connectivity index (χ1v) is 11.4. The van der Waals surface area contributed by atoms with Crippen LogP contribution >= 0.6 is 35.0 Å². The van der Waals surface area contributed by atoms with Crippen molar-refractivity contribution in [2.75, 3.05) is 11.1 Å². The lowest BCUT2D eigenvalue weighted by Gasteiger charge is -2.10. The number of carbonyl (C=O) groups excluding carboxylic acids is 1. The number of hydrogen-bond donors (Lipinski definition) is 1. The zero-order valence-corrected chi connectivity index (χ0v) is 19.3. The summed E-state index contributed by atoms with van der Waals surface area (Å²) in [6, 6.07) is 14.6. The second-order valence-electron chi connectivity index (χ2n) is 6.77. The van der Waals surface area contributed by atoms with Crippen LogP contribution in [0.15, 0.2) is 70.4 Å². The number of rotatable bonds is 9. The molecule has 1 amide bonds. The van der Waals surface area contributed by atoms with Crippen molar-refractivity contribution in [3.05, 3.63) is 88.3 Å². The molecule has 0 bridgehead atoms. The molecule has 0 aliphatic heterocycles. The Kier molecular flexibility index (Phi) is 7.54. The van der Waals surface area contributed by atoms with Crippen molar-refractivity contribution in [2.24, 2.45) is 0 Å². The normalized spacial score (nSPS) is 10.9. The number of thioether (sulfide) groups is 1. The highest BCUT2D eigenvalue weighted by Gasteiger charge is 2.17. The van der Waals surface area contributed by atoms with Gasteiger partial charge in [-0.3, -0.25) is 9.36 Å². The maximum atomic E-state index is 13.3. The number of furan rings is 1. The second kappa shape index (κ2) is 10.7. The SMILES string of the molecule is O=C(CSc1nnc(COc2ccc(Cl)cc2)n1Cc1ccco1)Nc1ccc(F)c(Cl)c1. The molecule has 11 heteroatoms. The second-order valence-corrected chi connectivity index (χ2v) is 8.56. The predicted molar refractivity (Wildman–Crippen MR) is 124 cm³/mol. The first kappa shape index (κ1) is 23.2. The molecule has 0 spiro atoms. The van der Waals surface area contributed by atoms with Crippen molar-refractivity contribution >= 4 is 46.6 Å². The van der Waals surface area contributed by atoms with E-state index in [4.69, 9.17) is 32.4 Å². The first-order valence-electron chi connectivity index (χ1n) is 9.68. The van der Waals surface area contributed by atoms with Gasteiger partial charge < -0.3 is 14.5 Å². The number of nitrogens with zero attached hydrogens (tertiary/aromatic N) is 3. The maximum absolute atomic E-state index is 13.3. The van der Waals surface area contributed by atoms with Gasteiger partial charge in [0, 0.05) is 10.7 Å². The lowest BCUT2D eigenvalue weighted by molar-refractivity contribution is -0.113. The van der Waals surface area contributed by atoms with Gasteiger partial charge in [-0.2, -0.15) is 0 Å². The Labute approximate surface area is 202 Å². The van der Waals surface area contributed by atoms with Crippen molar-refractivity contribution < 1.29 is 18.3 Å². The van der Waals surface area contributed by atoms with Crippen LogP contribution in [-0.2, 0) is 17.9 Å². The van der Waals surface area contributed by atoms with Gasteiger partial charge in [0.05, 0.1) is 23.6 Å². The van der Waals surface area contributed by atoms with E-state index in [-0.39, 0.29) is 23.3 Å². The minimum atomic E-state index is -0.552. The quantitative estimate of drug-likeness (QED) is 0.294. The molecule has 1 N–H and O–H groups in total. The molecule has 2 heterocycles. The van der Waals surface area contributed by atoms with Gasteiger partial charge in [-0.1, -0.05) is 35.0 Å². The van der Waals surface area contributed by atoms with Crippen molar-refractivity contribution in [1.82, 2.24) is 14.8 Å².